The molecule has 0 saturated carbocycles. The minimum Gasteiger partial charge on any atom is -0.399 e. The summed E-state index contributed by atoms with van der Waals surface area (Å²) in [5, 5.41) is 7.21. The van der Waals surface area contributed by atoms with E-state index in [2.05, 4.69) is 10.4 Å². The van der Waals surface area contributed by atoms with E-state index in [0.717, 1.165) is 17.0 Å². The van der Waals surface area contributed by atoms with Crippen LogP contribution >= 0.6 is 0 Å². The zero-order chi connectivity index (χ0) is 14.0. The van der Waals surface area contributed by atoms with Gasteiger partial charge in [-0.3, -0.25) is 9.48 Å². The van der Waals surface area contributed by atoms with Crippen LogP contribution in [0.2, 0.25) is 0 Å². The third-order valence-electron chi connectivity index (χ3n) is 3.23. The number of nitrogens with zero attached hydrogens (tertiary/aromatic N) is 2. The number of rotatable bonds is 3. The van der Waals surface area contributed by atoms with Crippen LogP contribution in [0, 0.1) is 13.8 Å². The van der Waals surface area contributed by atoms with Crippen molar-refractivity contribution in [2.24, 2.45) is 7.05 Å². The molecule has 0 aliphatic heterocycles. The standard InChI is InChI=1S/C14H18N4O/c1-9-13(10(2)18(3)17-9)8-16-14(19)11-5-4-6-12(15)7-11/h4-7H,8,15H2,1-3H3,(H,16,19). The largest absolute Gasteiger partial charge is 0.399 e. The van der Waals surface area contributed by atoms with E-state index in [1.165, 1.54) is 0 Å². The summed E-state index contributed by atoms with van der Waals surface area (Å²) in [5.74, 6) is -0.130. The lowest BCUT2D eigenvalue weighted by molar-refractivity contribution is 0.0951. The number of nitrogens with two attached hydrogens (primary N) is 1. The number of nitrogen functional groups attached to an aromatic ring is 1. The molecule has 0 aliphatic rings. The smallest absolute Gasteiger partial charge is 0.251 e. The molecule has 2 aromatic rings. The SMILES string of the molecule is Cc1nn(C)c(C)c1CNC(=O)c1cccc(N)c1. The van der Waals surface area contributed by atoms with E-state index in [-0.39, 0.29) is 5.91 Å². The number of anilines is 1. The van der Waals surface area contributed by atoms with Crippen molar-refractivity contribution >= 4 is 11.6 Å². The van der Waals surface area contributed by atoms with Gasteiger partial charge in [0.2, 0.25) is 0 Å². The average Bonchev–Trinajstić information content (AvgIpc) is 2.61. The van der Waals surface area contributed by atoms with E-state index < -0.39 is 0 Å². The fourth-order valence-corrected chi connectivity index (χ4v) is 2.02. The quantitative estimate of drug-likeness (QED) is 0.820. The normalized spacial score (nSPS) is 10.5. The van der Waals surface area contributed by atoms with E-state index in [0.29, 0.717) is 17.8 Å². The summed E-state index contributed by atoms with van der Waals surface area (Å²) in [6.45, 7) is 4.40. The lowest BCUT2D eigenvalue weighted by atomic mass is 10.1. The fraction of sp³-hybridized carbons (Fsp3) is 0.286. The molecule has 5 heteroatoms. The first-order valence-electron chi connectivity index (χ1n) is 6.12. The number of benzene rings is 1. The molecule has 1 aromatic carbocycles. The zero-order valence-corrected chi connectivity index (χ0v) is 11.4. The van der Waals surface area contributed by atoms with Gasteiger partial charge < -0.3 is 11.1 Å². The van der Waals surface area contributed by atoms with Crippen LogP contribution in [-0.4, -0.2) is 15.7 Å². The third-order valence-corrected chi connectivity index (χ3v) is 3.23. The maximum Gasteiger partial charge on any atom is 0.251 e. The molecule has 1 amide bonds. The number of nitrogens with one attached hydrogen (secondary N) is 1. The van der Waals surface area contributed by atoms with Crippen molar-refractivity contribution in [3.05, 3.63) is 46.8 Å². The van der Waals surface area contributed by atoms with Crippen LogP contribution in [0.25, 0.3) is 0 Å². The highest BCUT2D eigenvalue weighted by Crippen LogP contribution is 2.12. The fourth-order valence-electron chi connectivity index (χ4n) is 2.02. The van der Waals surface area contributed by atoms with Crippen molar-refractivity contribution in [2.75, 3.05) is 5.73 Å². The van der Waals surface area contributed by atoms with E-state index in [9.17, 15) is 4.79 Å². The molecule has 3 N–H and O–H groups in total. The Morgan fingerprint density at radius 2 is 2.16 bits per heavy atom. The van der Waals surface area contributed by atoms with Crippen molar-refractivity contribution in [3.63, 3.8) is 0 Å². The number of hydrogen-bond acceptors (Lipinski definition) is 3. The molecule has 100 valence electrons. The molecule has 0 unspecified atom stereocenters. The summed E-state index contributed by atoms with van der Waals surface area (Å²) < 4.78 is 1.82. The molecule has 2 rings (SSSR count). The minimum absolute atomic E-state index is 0.130. The molecule has 0 fully saturated rings. The highest BCUT2D eigenvalue weighted by Gasteiger charge is 2.11. The van der Waals surface area contributed by atoms with E-state index in [4.69, 9.17) is 5.73 Å². The molecular formula is C14H18N4O. The van der Waals surface area contributed by atoms with Crippen molar-refractivity contribution in [3.8, 4) is 0 Å². The molecule has 0 bridgehead atoms. The van der Waals surface area contributed by atoms with Crippen molar-refractivity contribution < 1.29 is 4.79 Å². The number of carbonyl (C=O) groups is 1. The molecule has 1 aromatic heterocycles. The van der Waals surface area contributed by atoms with Gasteiger partial charge in [-0.1, -0.05) is 6.07 Å². The zero-order valence-electron chi connectivity index (χ0n) is 11.4. The Balaban J connectivity index is 2.09. The summed E-state index contributed by atoms with van der Waals surface area (Å²) in [6.07, 6.45) is 0. The first-order chi connectivity index (χ1) is 8.99. The Kier molecular flexibility index (Phi) is 3.55. The van der Waals surface area contributed by atoms with Crippen molar-refractivity contribution in [1.82, 2.24) is 15.1 Å². The Morgan fingerprint density at radius 3 is 2.74 bits per heavy atom. The van der Waals surface area contributed by atoms with Crippen LogP contribution < -0.4 is 11.1 Å². The lowest BCUT2D eigenvalue weighted by Gasteiger charge is -2.06. The number of aryl methyl sites for hydroxylation is 2. The van der Waals surface area contributed by atoms with Gasteiger partial charge in [-0.15, -0.1) is 0 Å². The predicted molar refractivity (Wildman–Crippen MR) is 74.7 cm³/mol. The second-order valence-electron chi connectivity index (χ2n) is 4.58. The first-order valence-corrected chi connectivity index (χ1v) is 6.12. The second kappa shape index (κ2) is 5.14. The van der Waals surface area contributed by atoms with Crippen LogP contribution in [0.5, 0.6) is 0 Å². The van der Waals surface area contributed by atoms with Crippen LogP contribution in [0.1, 0.15) is 27.3 Å². The van der Waals surface area contributed by atoms with Gasteiger partial charge in [-0.2, -0.15) is 5.10 Å². The number of carbonyl (C=O) groups excluding carboxylic acids is 1. The summed E-state index contributed by atoms with van der Waals surface area (Å²) in [4.78, 5) is 12.0. The topological polar surface area (TPSA) is 72.9 Å². The van der Waals surface area contributed by atoms with Gasteiger partial charge in [0.25, 0.3) is 5.91 Å². The Labute approximate surface area is 112 Å². The van der Waals surface area contributed by atoms with Crippen LogP contribution in [0.3, 0.4) is 0 Å². The van der Waals surface area contributed by atoms with E-state index in [1.54, 1.807) is 24.3 Å². The lowest BCUT2D eigenvalue weighted by Crippen LogP contribution is -2.23. The van der Waals surface area contributed by atoms with Crippen LogP contribution in [0.15, 0.2) is 24.3 Å². The van der Waals surface area contributed by atoms with Crippen LogP contribution in [0.4, 0.5) is 5.69 Å². The monoisotopic (exact) mass is 258 g/mol. The molecule has 0 spiro atoms. The molecule has 5 nitrogen and oxygen atoms in total. The Hall–Kier alpha value is -2.30. The molecule has 1 heterocycles. The van der Waals surface area contributed by atoms with Gasteiger partial charge >= 0.3 is 0 Å². The van der Waals surface area contributed by atoms with Gasteiger partial charge in [0.1, 0.15) is 0 Å². The molecule has 0 radical (unpaired) electrons. The molecule has 0 aliphatic carbocycles. The molecular weight excluding hydrogens is 240 g/mol. The molecule has 0 saturated heterocycles. The van der Waals surface area contributed by atoms with Gasteiger partial charge in [-0.25, -0.2) is 0 Å². The third kappa shape index (κ3) is 2.76. The number of amides is 1. The van der Waals surface area contributed by atoms with E-state index in [1.807, 2.05) is 25.6 Å². The number of hydrogen-bond donors (Lipinski definition) is 2. The highest BCUT2D eigenvalue weighted by atomic mass is 16.1. The summed E-state index contributed by atoms with van der Waals surface area (Å²) in [5.41, 5.74) is 9.87. The van der Waals surface area contributed by atoms with Gasteiger partial charge in [0.05, 0.1) is 5.69 Å². The summed E-state index contributed by atoms with van der Waals surface area (Å²) >= 11 is 0. The second-order valence-corrected chi connectivity index (χ2v) is 4.58. The average molecular weight is 258 g/mol. The van der Waals surface area contributed by atoms with Gasteiger partial charge in [0.15, 0.2) is 0 Å². The minimum atomic E-state index is -0.130. The Morgan fingerprint density at radius 1 is 1.42 bits per heavy atom. The van der Waals surface area contributed by atoms with Gasteiger partial charge in [0, 0.05) is 36.1 Å². The highest BCUT2D eigenvalue weighted by molar-refractivity contribution is 5.94. The van der Waals surface area contributed by atoms with Crippen molar-refractivity contribution in [2.45, 2.75) is 20.4 Å². The number of aromatic nitrogens is 2. The predicted octanol–water partition coefficient (Wildman–Crippen LogP) is 1.55. The van der Waals surface area contributed by atoms with E-state index >= 15 is 0 Å². The maximum atomic E-state index is 12.0. The van der Waals surface area contributed by atoms with Gasteiger partial charge in [-0.05, 0) is 32.0 Å². The molecule has 0 atom stereocenters. The first kappa shape index (κ1) is 13.1. The van der Waals surface area contributed by atoms with Crippen LogP contribution in [-0.2, 0) is 13.6 Å². The van der Waals surface area contributed by atoms with Crippen molar-refractivity contribution in [1.29, 1.82) is 0 Å². The maximum absolute atomic E-state index is 12.0. The summed E-state index contributed by atoms with van der Waals surface area (Å²) in [7, 11) is 1.89. The Bertz CT molecular complexity index is 616. The summed E-state index contributed by atoms with van der Waals surface area (Å²) in [6, 6.07) is 6.93. The molecule has 19 heavy (non-hydrogen) atoms.